The van der Waals surface area contributed by atoms with Crippen LogP contribution in [0, 0.1) is 0 Å². The van der Waals surface area contributed by atoms with Crippen LogP contribution in [0.4, 0.5) is 5.69 Å². The third kappa shape index (κ3) is 7.23. The Balaban J connectivity index is 0.00000361. The highest BCUT2D eigenvalue weighted by Crippen LogP contribution is 2.31. The number of nitrogens with zero attached hydrogens (tertiary/aromatic N) is 2. The number of ether oxygens (including phenoxy) is 2. The van der Waals surface area contributed by atoms with Crippen molar-refractivity contribution in [2.24, 2.45) is 0 Å². The molecule has 0 saturated carbocycles. The summed E-state index contributed by atoms with van der Waals surface area (Å²) < 4.78 is 11.3. The molecule has 0 aliphatic carbocycles. The first-order chi connectivity index (χ1) is 17.2. The molecule has 3 aromatic rings. The first kappa shape index (κ1) is 27.5. The lowest BCUT2D eigenvalue weighted by molar-refractivity contribution is -0.117. The summed E-state index contributed by atoms with van der Waals surface area (Å²) in [6, 6.07) is 27.1. The molecular formula is C29H36ClN3O3. The molecular weight excluding hydrogens is 474 g/mol. The molecule has 0 radical (unpaired) electrons. The molecule has 0 aromatic heterocycles. The quantitative estimate of drug-likeness (QED) is 0.404. The molecule has 0 atom stereocenters. The number of hydrogen-bond donors (Lipinski definition) is 1. The topological polar surface area (TPSA) is 54.0 Å². The van der Waals surface area contributed by atoms with Crippen LogP contribution >= 0.6 is 12.4 Å². The predicted octanol–water partition coefficient (Wildman–Crippen LogP) is 5.25. The molecule has 1 fully saturated rings. The number of carbonyl (C=O) groups is 1. The standard InChI is InChI=1S/C29H35N3O3.ClH/c1-3-34-25-15-16-27(35-4-2)26(21-25)30-28(33)22-31-17-19-32(20-18-31)29(23-11-7-5-8-12-23)24-13-9-6-10-14-24;/h5-16,21,29H,3-4,17-20,22H2,1-2H3,(H,30,33);1H. The van der Waals surface area contributed by atoms with E-state index in [9.17, 15) is 4.79 Å². The zero-order chi connectivity index (χ0) is 24.5. The molecule has 1 heterocycles. The van der Waals surface area contributed by atoms with Gasteiger partial charge in [-0.1, -0.05) is 60.7 Å². The van der Waals surface area contributed by atoms with Crippen LogP contribution in [0.15, 0.2) is 78.9 Å². The van der Waals surface area contributed by atoms with Crippen LogP contribution < -0.4 is 14.8 Å². The van der Waals surface area contributed by atoms with Crippen LogP contribution in [0.3, 0.4) is 0 Å². The summed E-state index contributed by atoms with van der Waals surface area (Å²) in [6.07, 6.45) is 0. The fourth-order valence-corrected chi connectivity index (χ4v) is 4.60. The van der Waals surface area contributed by atoms with Crippen molar-refractivity contribution in [3.63, 3.8) is 0 Å². The highest BCUT2D eigenvalue weighted by Gasteiger charge is 2.27. The average molecular weight is 510 g/mol. The summed E-state index contributed by atoms with van der Waals surface area (Å²) in [5.41, 5.74) is 3.24. The van der Waals surface area contributed by atoms with E-state index >= 15 is 0 Å². The summed E-state index contributed by atoms with van der Waals surface area (Å²) in [5, 5.41) is 3.03. The Morgan fingerprint density at radius 2 is 1.42 bits per heavy atom. The molecule has 3 aromatic carbocycles. The summed E-state index contributed by atoms with van der Waals surface area (Å²) in [5.74, 6) is 1.33. The van der Waals surface area contributed by atoms with Gasteiger partial charge in [-0.2, -0.15) is 0 Å². The maximum atomic E-state index is 12.9. The molecule has 36 heavy (non-hydrogen) atoms. The molecule has 1 aliphatic heterocycles. The highest BCUT2D eigenvalue weighted by atomic mass is 35.5. The summed E-state index contributed by atoms with van der Waals surface area (Å²) in [7, 11) is 0. The van der Waals surface area contributed by atoms with Gasteiger partial charge >= 0.3 is 0 Å². The normalized spacial score (nSPS) is 14.2. The van der Waals surface area contributed by atoms with Gasteiger partial charge in [0, 0.05) is 32.2 Å². The fraction of sp³-hybridized carbons (Fsp3) is 0.345. The third-order valence-corrected chi connectivity index (χ3v) is 6.21. The smallest absolute Gasteiger partial charge is 0.238 e. The Morgan fingerprint density at radius 3 is 1.97 bits per heavy atom. The van der Waals surface area contributed by atoms with Gasteiger partial charge in [-0.05, 0) is 37.1 Å². The maximum Gasteiger partial charge on any atom is 0.238 e. The number of anilines is 1. The SMILES string of the molecule is CCOc1ccc(OCC)c(NC(=O)CN2CCN(C(c3ccccc3)c3ccccc3)CC2)c1.Cl. The Labute approximate surface area is 220 Å². The van der Waals surface area contributed by atoms with Crippen LogP contribution in [-0.4, -0.2) is 61.6 Å². The minimum absolute atomic E-state index is 0. The summed E-state index contributed by atoms with van der Waals surface area (Å²) >= 11 is 0. The second kappa shape index (κ2) is 13.9. The van der Waals surface area contributed by atoms with Crippen molar-refractivity contribution in [1.29, 1.82) is 0 Å². The minimum Gasteiger partial charge on any atom is -0.494 e. The zero-order valence-electron chi connectivity index (χ0n) is 21.1. The maximum absolute atomic E-state index is 12.9. The van der Waals surface area contributed by atoms with E-state index in [-0.39, 0.29) is 24.4 Å². The second-order valence-electron chi connectivity index (χ2n) is 8.61. The Kier molecular flexibility index (Phi) is 10.6. The first-order valence-electron chi connectivity index (χ1n) is 12.4. The summed E-state index contributed by atoms with van der Waals surface area (Å²) in [6.45, 7) is 8.77. The number of halogens is 1. The first-order valence-corrected chi connectivity index (χ1v) is 12.4. The molecule has 1 amide bonds. The van der Waals surface area contributed by atoms with Crippen molar-refractivity contribution in [1.82, 2.24) is 9.80 Å². The monoisotopic (exact) mass is 509 g/mol. The van der Waals surface area contributed by atoms with Crippen molar-refractivity contribution < 1.29 is 14.3 Å². The van der Waals surface area contributed by atoms with Gasteiger partial charge in [-0.25, -0.2) is 0 Å². The Morgan fingerprint density at radius 1 is 0.833 bits per heavy atom. The molecule has 1 aliphatic rings. The van der Waals surface area contributed by atoms with Crippen molar-refractivity contribution >= 4 is 24.0 Å². The summed E-state index contributed by atoms with van der Waals surface area (Å²) in [4.78, 5) is 17.6. The Hall–Kier alpha value is -3.06. The van der Waals surface area contributed by atoms with E-state index in [0.29, 0.717) is 36.9 Å². The van der Waals surface area contributed by atoms with E-state index in [1.165, 1.54) is 11.1 Å². The van der Waals surface area contributed by atoms with E-state index < -0.39 is 0 Å². The lowest BCUT2D eigenvalue weighted by Crippen LogP contribution is -2.49. The van der Waals surface area contributed by atoms with Gasteiger partial charge in [0.25, 0.3) is 0 Å². The number of piperazine rings is 1. The van der Waals surface area contributed by atoms with Gasteiger partial charge < -0.3 is 14.8 Å². The number of nitrogens with one attached hydrogen (secondary N) is 1. The van der Waals surface area contributed by atoms with Crippen molar-refractivity contribution in [3.05, 3.63) is 90.0 Å². The molecule has 1 saturated heterocycles. The molecule has 0 bridgehead atoms. The Bertz CT molecular complexity index is 1030. The van der Waals surface area contributed by atoms with Crippen LogP contribution in [0.1, 0.15) is 31.0 Å². The van der Waals surface area contributed by atoms with Gasteiger partial charge in [0.1, 0.15) is 11.5 Å². The van der Waals surface area contributed by atoms with Crippen molar-refractivity contribution in [2.45, 2.75) is 19.9 Å². The second-order valence-corrected chi connectivity index (χ2v) is 8.61. The van der Waals surface area contributed by atoms with Crippen LogP contribution in [0.25, 0.3) is 0 Å². The molecule has 4 rings (SSSR count). The van der Waals surface area contributed by atoms with E-state index in [4.69, 9.17) is 9.47 Å². The third-order valence-electron chi connectivity index (χ3n) is 6.21. The average Bonchev–Trinajstić information content (AvgIpc) is 2.88. The highest BCUT2D eigenvalue weighted by molar-refractivity contribution is 5.94. The van der Waals surface area contributed by atoms with E-state index in [2.05, 4.69) is 75.8 Å². The molecule has 0 spiro atoms. The van der Waals surface area contributed by atoms with E-state index in [0.717, 1.165) is 26.2 Å². The van der Waals surface area contributed by atoms with Crippen molar-refractivity contribution in [3.8, 4) is 11.5 Å². The van der Waals surface area contributed by atoms with Gasteiger partial charge in [0.15, 0.2) is 0 Å². The molecule has 1 N–H and O–H groups in total. The van der Waals surface area contributed by atoms with Crippen LogP contribution in [0.2, 0.25) is 0 Å². The molecule has 0 unspecified atom stereocenters. The van der Waals surface area contributed by atoms with E-state index in [1.807, 2.05) is 32.0 Å². The lowest BCUT2D eigenvalue weighted by atomic mass is 9.96. The van der Waals surface area contributed by atoms with Crippen LogP contribution in [0.5, 0.6) is 11.5 Å². The fourth-order valence-electron chi connectivity index (χ4n) is 4.60. The number of rotatable bonds is 10. The van der Waals surface area contributed by atoms with Gasteiger partial charge in [-0.3, -0.25) is 14.6 Å². The molecule has 7 heteroatoms. The largest absolute Gasteiger partial charge is 0.494 e. The molecule has 6 nitrogen and oxygen atoms in total. The zero-order valence-corrected chi connectivity index (χ0v) is 21.9. The van der Waals surface area contributed by atoms with Gasteiger partial charge in [0.05, 0.1) is 31.5 Å². The minimum atomic E-state index is -0.0456. The van der Waals surface area contributed by atoms with Crippen LogP contribution in [-0.2, 0) is 4.79 Å². The lowest BCUT2D eigenvalue weighted by Gasteiger charge is -2.39. The number of amides is 1. The van der Waals surface area contributed by atoms with Gasteiger partial charge in [-0.15, -0.1) is 12.4 Å². The predicted molar refractivity (Wildman–Crippen MR) is 147 cm³/mol. The molecule has 192 valence electrons. The van der Waals surface area contributed by atoms with Crippen molar-refractivity contribution in [2.75, 3.05) is 51.3 Å². The number of hydrogen-bond acceptors (Lipinski definition) is 5. The number of benzene rings is 3. The number of carbonyl (C=O) groups excluding carboxylic acids is 1. The van der Waals surface area contributed by atoms with E-state index in [1.54, 1.807) is 0 Å². The van der Waals surface area contributed by atoms with Gasteiger partial charge in [0.2, 0.25) is 5.91 Å².